The Labute approximate surface area is 124 Å². The number of fused-ring (bicyclic) bond motifs is 1. The van der Waals surface area contributed by atoms with Gasteiger partial charge in [-0.25, -0.2) is 4.98 Å². The van der Waals surface area contributed by atoms with Gasteiger partial charge in [0.1, 0.15) is 10.6 Å². The van der Waals surface area contributed by atoms with Gasteiger partial charge in [0.2, 0.25) is 11.6 Å². The van der Waals surface area contributed by atoms with Crippen molar-refractivity contribution in [3.63, 3.8) is 0 Å². The molecule has 0 bridgehead atoms. The molecule has 2 heterocycles. The Hall–Kier alpha value is -2.48. The van der Waals surface area contributed by atoms with Crippen molar-refractivity contribution in [1.29, 1.82) is 0 Å². The van der Waals surface area contributed by atoms with Crippen LogP contribution in [-0.4, -0.2) is 14.9 Å². The van der Waals surface area contributed by atoms with Crippen molar-refractivity contribution in [2.45, 2.75) is 19.3 Å². The number of hydrogen-bond acceptors (Lipinski definition) is 7. The molecule has 0 radical (unpaired) electrons. The molecule has 0 saturated carbocycles. The SMILES string of the molecule is Nc1nc(N)c2c(CC3=CC=C([N+](=O)[O-])CC3)csc2n1. The minimum absolute atomic E-state index is 0.170. The second-order valence-electron chi connectivity index (χ2n) is 4.82. The molecule has 8 heteroatoms. The van der Waals surface area contributed by atoms with E-state index in [4.69, 9.17) is 11.5 Å². The first-order chi connectivity index (χ1) is 10.0. The summed E-state index contributed by atoms with van der Waals surface area (Å²) in [6.45, 7) is 0. The summed E-state index contributed by atoms with van der Waals surface area (Å²) in [7, 11) is 0. The van der Waals surface area contributed by atoms with Crippen molar-refractivity contribution in [1.82, 2.24) is 9.97 Å². The summed E-state index contributed by atoms with van der Waals surface area (Å²) >= 11 is 1.47. The Bertz CT molecular complexity index is 793. The molecule has 0 atom stereocenters. The van der Waals surface area contributed by atoms with Gasteiger partial charge in [-0.1, -0.05) is 11.6 Å². The van der Waals surface area contributed by atoms with E-state index in [0.29, 0.717) is 25.1 Å². The summed E-state index contributed by atoms with van der Waals surface area (Å²) in [5, 5.41) is 13.5. The van der Waals surface area contributed by atoms with Gasteiger partial charge in [0.25, 0.3) is 0 Å². The summed E-state index contributed by atoms with van der Waals surface area (Å²) in [5.74, 6) is 0.551. The molecule has 1 aliphatic rings. The molecule has 3 rings (SSSR count). The Morgan fingerprint density at radius 1 is 1.29 bits per heavy atom. The van der Waals surface area contributed by atoms with Crippen LogP contribution in [0, 0.1) is 10.1 Å². The van der Waals surface area contributed by atoms with Crippen LogP contribution in [0.2, 0.25) is 0 Å². The Morgan fingerprint density at radius 2 is 2.10 bits per heavy atom. The normalized spacial score (nSPS) is 14.9. The molecule has 7 nitrogen and oxygen atoms in total. The van der Waals surface area contributed by atoms with E-state index < -0.39 is 0 Å². The van der Waals surface area contributed by atoms with E-state index in [0.717, 1.165) is 21.4 Å². The van der Waals surface area contributed by atoms with Crippen LogP contribution >= 0.6 is 11.3 Å². The maximum absolute atomic E-state index is 10.7. The Morgan fingerprint density at radius 3 is 2.76 bits per heavy atom. The van der Waals surface area contributed by atoms with Crippen LogP contribution in [0.5, 0.6) is 0 Å². The van der Waals surface area contributed by atoms with Crippen LogP contribution in [0.25, 0.3) is 10.2 Å². The minimum Gasteiger partial charge on any atom is -0.383 e. The maximum Gasteiger partial charge on any atom is 0.246 e. The second-order valence-corrected chi connectivity index (χ2v) is 5.68. The van der Waals surface area contributed by atoms with Crippen LogP contribution in [-0.2, 0) is 6.42 Å². The molecule has 0 amide bonds. The maximum atomic E-state index is 10.7. The van der Waals surface area contributed by atoms with Gasteiger partial charge in [-0.05, 0) is 23.8 Å². The van der Waals surface area contributed by atoms with E-state index in [1.54, 1.807) is 6.08 Å². The van der Waals surface area contributed by atoms with Gasteiger partial charge in [0.05, 0.1) is 10.3 Å². The molecule has 2 aromatic rings. The summed E-state index contributed by atoms with van der Waals surface area (Å²) in [5.41, 5.74) is 13.9. The number of rotatable bonds is 3. The molecule has 0 spiro atoms. The lowest BCUT2D eigenvalue weighted by atomic mass is 9.96. The first kappa shape index (κ1) is 13.5. The van der Waals surface area contributed by atoms with E-state index in [1.165, 1.54) is 11.3 Å². The number of thiophene rings is 1. The molecular formula is C13H13N5O2S. The second kappa shape index (κ2) is 5.13. The fraction of sp³-hybridized carbons (Fsp3) is 0.231. The quantitative estimate of drug-likeness (QED) is 0.662. The molecule has 21 heavy (non-hydrogen) atoms. The largest absolute Gasteiger partial charge is 0.383 e. The van der Waals surface area contributed by atoms with Crippen LogP contribution in [0.15, 0.2) is 28.8 Å². The lowest BCUT2D eigenvalue weighted by Crippen LogP contribution is -2.04. The van der Waals surface area contributed by atoms with Crippen molar-refractivity contribution in [3.05, 3.63) is 44.5 Å². The zero-order chi connectivity index (χ0) is 15.0. The molecule has 108 valence electrons. The predicted molar refractivity (Wildman–Crippen MR) is 82.3 cm³/mol. The number of allylic oxidation sites excluding steroid dienone is 4. The molecule has 1 aliphatic carbocycles. The smallest absolute Gasteiger partial charge is 0.246 e. The van der Waals surface area contributed by atoms with Gasteiger partial charge in [-0.3, -0.25) is 10.1 Å². The van der Waals surface area contributed by atoms with Gasteiger partial charge >= 0.3 is 0 Å². The van der Waals surface area contributed by atoms with E-state index in [-0.39, 0.29) is 16.6 Å². The highest BCUT2D eigenvalue weighted by Gasteiger charge is 2.17. The zero-order valence-corrected chi connectivity index (χ0v) is 11.9. The van der Waals surface area contributed by atoms with Crippen LogP contribution in [0.3, 0.4) is 0 Å². The van der Waals surface area contributed by atoms with E-state index >= 15 is 0 Å². The van der Waals surface area contributed by atoms with E-state index in [2.05, 4.69) is 9.97 Å². The molecule has 2 aromatic heterocycles. The van der Waals surface area contributed by atoms with Crippen molar-refractivity contribution < 1.29 is 4.92 Å². The number of aromatic nitrogens is 2. The molecule has 0 unspecified atom stereocenters. The Kier molecular flexibility index (Phi) is 3.30. The van der Waals surface area contributed by atoms with Crippen molar-refractivity contribution in [3.8, 4) is 0 Å². The van der Waals surface area contributed by atoms with Crippen LogP contribution in [0.1, 0.15) is 18.4 Å². The molecular weight excluding hydrogens is 290 g/mol. The third kappa shape index (κ3) is 2.57. The third-order valence-corrected chi connectivity index (χ3v) is 4.34. The van der Waals surface area contributed by atoms with Gasteiger partial charge in [-0.2, -0.15) is 4.98 Å². The number of hydrogen-bond donors (Lipinski definition) is 2. The highest BCUT2D eigenvalue weighted by Crippen LogP contribution is 2.32. The number of nitrogens with two attached hydrogens (primary N) is 2. The fourth-order valence-electron chi connectivity index (χ4n) is 2.39. The van der Waals surface area contributed by atoms with Gasteiger partial charge in [0, 0.05) is 12.5 Å². The molecule has 4 N–H and O–H groups in total. The Balaban J connectivity index is 1.91. The zero-order valence-electron chi connectivity index (χ0n) is 11.1. The predicted octanol–water partition coefficient (Wildman–Crippen LogP) is 2.28. The molecule has 0 aromatic carbocycles. The summed E-state index contributed by atoms with van der Waals surface area (Å²) < 4.78 is 0. The number of anilines is 2. The minimum atomic E-state index is -0.331. The highest BCUT2D eigenvalue weighted by molar-refractivity contribution is 7.17. The van der Waals surface area contributed by atoms with Crippen LogP contribution < -0.4 is 11.5 Å². The van der Waals surface area contributed by atoms with Gasteiger partial charge in [0.15, 0.2) is 0 Å². The van der Waals surface area contributed by atoms with Crippen molar-refractivity contribution >= 4 is 33.3 Å². The summed E-state index contributed by atoms with van der Waals surface area (Å²) in [6, 6.07) is 0. The summed E-state index contributed by atoms with van der Waals surface area (Å²) in [6.07, 6.45) is 5.23. The average molecular weight is 303 g/mol. The topological polar surface area (TPSA) is 121 Å². The van der Waals surface area contributed by atoms with E-state index in [9.17, 15) is 10.1 Å². The first-order valence-electron chi connectivity index (χ1n) is 6.36. The number of nitrogen functional groups attached to an aromatic ring is 2. The average Bonchev–Trinajstić information content (AvgIpc) is 2.82. The van der Waals surface area contributed by atoms with Gasteiger partial charge in [-0.15, -0.1) is 11.3 Å². The lowest BCUT2D eigenvalue weighted by molar-refractivity contribution is -0.428. The third-order valence-electron chi connectivity index (χ3n) is 3.42. The monoisotopic (exact) mass is 303 g/mol. The van der Waals surface area contributed by atoms with Crippen molar-refractivity contribution in [2.75, 3.05) is 11.5 Å². The standard InChI is InChI=1S/C13H13N5O2S/c14-11-10-8(6-21-12(10)17-13(15)16-11)5-7-1-3-9(4-2-7)18(19)20/h1,3,6H,2,4-5H2,(H4,14,15,16,17). The van der Waals surface area contributed by atoms with E-state index in [1.807, 2.05) is 11.5 Å². The molecule has 0 fully saturated rings. The molecule has 0 aliphatic heterocycles. The van der Waals surface area contributed by atoms with Gasteiger partial charge < -0.3 is 11.5 Å². The highest BCUT2D eigenvalue weighted by atomic mass is 32.1. The number of nitro groups is 1. The molecule has 0 saturated heterocycles. The lowest BCUT2D eigenvalue weighted by Gasteiger charge is -2.10. The summed E-state index contributed by atoms with van der Waals surface area (Å²) in [4.78, 5) is 19.3. The fourth-order valence-corrected chi connectivity index (χ4v) is 3.35. The first-order valence-corrected chi connectivity index (χ1v) is 7.24. The number of nitrogens with zero attached hydrogens (tertiary/aromatic N) is 3. The van der Waals surface area contributed by atoms with Crippen molar-refractivity contribution in [2.24, 2.45) is 0 Å². The van der Waals surface area contributed by atoms with Crippen LogP contribution in [0.4, 0.5) is 11.8 Å².